The van der Waals surface area contributed by atoms with Crippen LogP contribution in [0.25, 0.3) is 5.82 Å². The Labute approximate surface area is 151 Å². The van der Waals surface area contributed by atoms with Crippen LogP contribution >= 0.6 is 0 Å². The quantitative estimate of drug-likeness (QED) is 0.369. The fourth-order valence-electron chi connectivity index (χ4n) is 2.15. The van der Waals surface area contributed by atoms with Crippen molar-refractivity contribution in [3.8, 4) is 5.82 Å². The van der Waals surface area contributed by atoms with E-state index in [0.29, 0.717) is 17.0 Å². The highest BCUT2D eigenvalue weighted by Gasteiger charge is 2.20. The number of carbonyl (C=O) groups is 1. The number of nitrogens with zero attached hydrogens (tertiary/aromatic N) is 7. The average Bonchev–Trinajstić information content (AvgIpc) is 3.24. The zero-order valence-electron chi connectivity index (χ0n) is 14.2. The Hall–Kier alpha value is -4.16. The molecule has 3 rings (SSSR count). The van der Waals surface area contributed by atoms with Gasteiger partial charge >= 0.3 is 0 Å². The highest BCUT2D eigenvalue weighted by atomic mass is 16.6. The third-order valence-electron chi connectivity index (χ3n) is 3.63. The first-order valence-corrected chi connectivity index (χ1v) is 7.48. The summed E-state index contributed by atoms with van der Waals surface area (Å²) < 4.78 is 5.71. The second kappa shape index (κ2) is 6.99. The van der Waals surface area contributed by atoms with Crippen LogP contribution in [0.1, 0.15) is 28.7 Å². The Morgan fingerprint density at radius 3 is 2.63 bits per heavy atom. The van der Waals surface area contributed by atoms with Gasteiger partial charge in [0.1, 0.15) is 0 Å². The lowest BCUT2D eigenvalue weighted by molar-refractivity contribution is -0.384. The Morgan fingerprint density at radius 2 is 2.04 bits per heavy atom. The van der Waals surface area contributed by atoms with Gasteiger partial charge in [-0.15, -0.1) is 5.10 Å². The van der Waals surface area contributed by atoms with Crippen LogP contribution in [0.15, 0.2) is 34.0 Å². The molecular weight excluding hydrogens is 358 g/mol. The molecule has 0 aliphatic heterocycles. The van der Waals surface area contributed by atoms with Gasteiger partial charge in [0.15, 0.2) is 5.69 Å². The van der Waals surface area contributed by atoms with E-state index in [0.717, 1.165) is 0 Å². The standard InChI is InChI=1S/C14H13N9O4/c1-7(9-3-5-10(6-4-9)23(25)26)16-18-14(24)11-8(2)22(21-17-11)13-12(15)19-27-20-13/h3-6H,1-2H3,(H2,15,19)(H,18,24). The number of nitro groups is 1. The van der Waals surface area contributed by atoms with Gasteiger partial charge in [0.05, 0.1) is 16.3 Å². The van der Waals surface area contributed by atoms with Crippen LogP contribution in [0, 0.1) is 17.0 Å². The molecule has 0 unspecified atom stereocenters. The lowest BCUT2D eigenvalue weighted by Crippen LogP contribution is -2.21. The minimum atomic E-state index is -0.602. The molecule has 0 aliphatic rings. The van der Waals surface area contributed by atoms with Crippen molar-refractivity contribution in [2.24, 2.45) is 5.10 Å². The smallest absolute Gasteiger partial charge is 0.293 e. The summed E-state index contributed by atoms with van der Waals surface area (Å²) in [4.78, 5) is 22.5. The summed E-state index contributed by atoms with van der Waals surface area (Å²) in [5.41, 5.74) is 9.35. The van der Waals surface area contributed by atoms with Crippen molar-refractivity contribution in [2.45, 2.75) is 13.8 Å². The number of carbonyl (C=O) groups excluding carboxylic acids is 1. The molecule has 2 heterocycles. The van der Waals surface area contributed by atoms with Crippen molar-refractivity contribution < 1.29 is 14.3 Å². The maximum Gasteiger partial charge on any atom is 0.293 e. The second-order valence-corrected chi connectivity index (χ2v) is 5.35. The summed E-state index contributed by atoms with van der Waals surface area (Å²) in [5, 5.41) is 29.3. The van der Waals surface area contributed by atoms with E-state index in [2.05, 4.69) is 35.8 Å². The monoisotopic (exact) mass is 371 g/mol. The first-order chi connectivity index (χ1) is 12.9. The number of amides is 1. The molecule has 3 N–H and O–H groups in total. The summed E-state index contributed by atoms with van der Waals surface area (Å²) in [6.45, 7) is 3.24. The van der Waals surface area contributed by atoms with E-state index >= 15 is 0 Å². The number of hydrogen-bond donors (Lipinski definition) is 2. The molecule has 0 aliphatic carbocycles. The number of non-ortho nitro benzene ring substituents is 1. The number of hydrazone groups is 1. The van der Waals surface area contributed by atoms with Gasteiger partial charge in [-0.2, -0.15) is 9.78 Å². The number of anilines is 1. The molecule has 0 atom stereocenters. The molecule has 3 aromatic rings. The normalized spacial score (nSPS) is 11.4. The highest BCUT2D eigenvalue weighted by Crippen LogP contribution is 2.15. The summed E-state index contributed by atoms with van der Waals surface area (Å²) in [6.07, 6.45) is 0. The molecule has 0 saturated heterocycles. The predicted molar refractivity (Wildman–Crippen MR) is 91.1 cm³/mol. The van der Waals surface area contributed by atoms with Gasteiger partial charge in [-0.3, -0.25) is 14.9 Å². The van der Waals surface area contributed by atoms with E-state index in [1.54, 1.807) is 13.8 Å². The second-order valence-electron chi connectivity index (χ2n) is 5.35. The predicted octanol–water partition coefficient (Wildman–Crippen LogP) is 0.603. The number of nitrogens with two attached hydrogens (primary N) is 1. The number of benzene rings is 1. The molecular formula is C14H13N9O4. The molecule has 13 nitrogen and oxygen atoms in total. The van der Waals surface area contributed by atoms with Crippen molar-refractivity contribution in [3.05, 3.63) is 51.3 Å². The van der Waals surface area contributed by atoms with Crippen LogP contribution in [-0.2, 0) is 0 Å². The zero-order chi connectivity index (χ0) is 19.6. The summed E-state index contributed by atoms with van der Waals surface area (Å²) in [6, 6.07) is 5.76. The third kappa shape index (κ3) is 3.46. The van der Waals surface area contributed by atoms with E-state index in [4.69, 9.17) is 5.73 Å². The molecule has 138 valence electrons. The summed E-state index contributed by atoms with van der Waals surface area (Å²) in [5.74, 6) is -0.485. The molecule has 0 spiro atoms. The Kier molecular flexibility index (Phi) is 4.57. The van der Waals surface area contributed by atoms with Crippen LogP contribution in [0.4, 0.5) is 11.5 Å². The molecule has 0 fully saturated rings. The van der Waals surface area contributed by atoms with E-state index < -0.39 is 10.8 Å². The average molecular weight is 371 g/mol. The van der Waals surface area contributed by atoms with Crippen LogP contribution in [0.3, 0.4) is 0 Å². The van der Waals surface area contributed by atoms with Gasteiger partial charge in [0.2, 0.25) is 11.6 Å². The number of nitro benzene ring substituents is 1. The molecule has 1 aromatic carbocycles. The first-order valence-electron chi connectivity index (χ1n) is 7.48. The molecule has 1 amide bonds. The fourth-order valence-corrected chi connectivity index (χ4v) is 2.15. The van der Waals surface area contributed by atoms with Crippen molar-refractivity contribution in [3.63, 3.8) is 0 Å². The maximum absolute atomic E-state index is 12.3. The maximum atomic E-state index is 12.3. The molecule has 13 heteroatoms. The van der Waals surface area contributed by atoms with E-state index in [9.17, 15) is 14.9 Å². The van der Waals surface area contributed by atoms with Gasteiger partial charge in [-0.25, -0.2) is 10.1 Å². The van der Waals surface area contributed by atoms with E-state index in [1.165, 1.54) is 28.9 Å². The Morgan fingerprint density at radius 1 is 1.33 bits per heavy atom. The Bertz CT molecular complexity index is 1040. The SMILES string of the molecule is CC(=NNC(=O)c1nnn(-c2nonc2N)c1C)c1ccc([N+](=O)[O-])cc1. The minimum absolute atomic E-state index is 0.00185. The summed E-state index contributed by atoms with van der Waals surface area (Å²) in [7, 11) is 0. The topological polar surface area (TPSA) is 180 Å². The van der Waals surface area contributed by atoms with E-state index in [-0.39, 0.29) is 23.0 Å². The minimum Gasteiger partial charge on any atom is -0.378 e. The molecule has 0 bridgehead atoms. The molecule has 0 saturated carbocycles. The number of hydrogen-bond acceptors (Lipinski definition) is 10. The molecule has 27 heavy (non-hydrogen) atoms. The fraction of sp³-hybridized carbons (Fsp3) is 0.143. The van der Waals surface area contributed by atoms with Crippen molar-refractivity contribution in [1.82, 2.24) is 30.7 Å². The van der Waals surface area contributed by atoms with Gasteiger partial charge in [-0.1, -0.05) is 5.21 Å². The van der Waals surface area contributed by atoms with Crippen LogP contribution in [-0.4, -0.2) is 41.8 Å². The van der Waals surface area contributed by atoms with Gasteiger partial charge in [0.25, 0.3) is 11.6 Å². The molecule has 0 radical (unpaired) electrons. The number of aromatic nitrogens is 5. The van der Waals surface area contributed by atoms with Crippen LogP contribution in [0.2, 0.25) is 0 Å². The number of nitrogens with one attached hydrogen (secondary N) is 1. The van der Waals surface area contributed by atoms with E-state index in [1.807, 2.05) is 0 Å². The largest absolute Gasteiger partial charge is 0.378 e. The Balaban J connectivity index is 1.76. The summed E-state index contributed by atoms with van der Waals surface area (Å²) >= 11 is 0. The third-order valence-corrected chi connectivity index (χ3v) is 3.63. The van der Waals surface area contributed by atoms with Crippen molar-refractivity contribution >= 4 is 23.1 Å². The highest BCUT2D eigenvalue weighted by molar-refractivity contribution is 6.00. The lowest BCUT2D eigenvalue weighted by atomic mass is 10.1. The first kappa shape index (κ1) is 17.7. The van der Waals surface area contributed by atoms with Crippen molar-refractivity contribution in [2.75, 3.05) is 5.73 Å². The number of rotatable bonds is 5. The lowest BCUT2D eigenvalue weighted by Gasteiger charge is -2.02. The van der Waals surface area contributed by atoms with Crippen molar-refractivity contribution in [1.29, 1.82) is 0 Å². The number of nitrogen functional groups attached to an aromatic ring is 1. The van der Waals surface area contributed by atoms with Gasteiger partial charge < -0.3 is 5.73 Å². The van der Waals surface area contributed by atoms with Gasteiger partial charge in [0, 0.05) is 12.1 Å². The zero-order valence-corrected chi connectivity index (χ0v) is 14.2. The van der Waals surface area contributed by atoms with Crippen LogP contribution in [0.5, 0.6) is 0 Å². The molecule has 2 aromatic heterocycles. The van der Waals surface area contributed by atoms with Crippen LogP contribution < -0.4 is 11.2 Å². The van der Waals surface area contributed by atoms with Gasteiger partial charge in [-0.05, 0) is 41.9 Å².